The lowest BCUT2D eigenvalue weighted by molar-refractivity contribution is -0.135. The highest BCUT2D eigenvalue weighted by Gasteiger charge is 2.43. The largest absolute Gasteiger partial charge is 0.465 e. The average Bonchev–Trinajstić information content (AvgIpc) is 2.88. The van der Waals surface area contributed by atoms with Crippen molar-refractivity contribution >= 4 is 24.4 Å². The van der Waals surface area contributed by atoms with Crippen molar-refractivity contribution in [2.24, 2.45) is 0 Å². The first kappa shape index (κ1) is 25.0. The van der Waals surface area contributed by atoms with Crippen LogP contribution in [0.4, 0.5) is 0 Å². The van der Waals surface area contributed by atoms with Crippen LogP contribution in [0.5, 0.6) is 0 Å². The molecule has 0 atom stereocenters. The third kappa shape index (κ3) is 5.30. The van der Waals surface area contributed by atoms with Crippen molar-refractivity contribution in [3.8, 4) is 0 Å². The second-order valence-corrected chi connectivity index (χ2v) is 12.5. The maximum Gasteiger partial charge on any atom is 0.337 e. The van der Waals surface area contributed by atoms with Crippen molar-refractivity contribution < 1.29 is 9.53 Å². The number of hydrogen-bond acceptors (Lipinski definition) is 2. The number of carbonyl (C=O) groups excluding carboxylic acids is 1. The second-order valence-electron chi connectivity index (χ2n) is 8.84. The third-order valence-corrected chi connectivity index (χ3v) is 11.4. The first-order valence-corrected chi connectivity index (χ1v) is 14.6. The topological polar surface area (TPSA) is 26.3 Å². The Morgan fingerprint density at radius 1 is 0.848 bits per heavy atom. The van der Waals surface area contributed by atoms with Gasteiger partial charge in [-0.3, -0.25) is 0 Å². The maximum absolute atomic E-state index is 13.2. The highest BCUT2D eigenvalue weighted by molar-refractivity contribution is 7.11. The van der Waals surface area contributed by atoms with Gasteiger partial charge in [0.2, 0.25) is 0 Å². The Morgan fingerprint density at radius 2 is 1.42 bits per heavy atom. The van der Waals surface area contributed by atoms with Crippen molar-refractivity contribution in [1.29, 1.82) is 0 Å². The minimum atomic E-state index is -2.51. The number of ether oxygens (including phenoxy) is 1. The van der Waals surface area contributed by atoms with Crippen molar-refractivity contribution in [3.05, 3.63) is 94.4 Å². The Bertz CT molecular complexity index is 976. The smallest absolute Gasteiger partial charge is 0.337 e. The SMILES string of the molecule is CCCCC1=C/C(=C(\CC)CCCC)C(C(=O)OC)=C[Si]1(c1ccccc1)c1ccccc1. The Labute approximate surface area is 201 Å². The van der Waals surface area contributed by atoms with Crippen LogP contribution in [0, 0.1) is 0 Å². The number of rotatable bonds is 10. The van der Waals surface area contributed by atoms with E-state index in [1.807, 2.05) is 0 Å². The van der Waals surface area contributed by atoms with Crippen molar-refractivity contribution in [2.45, 2.75) is 65.7 Å². The first-order chi connectivity index (χ1) is 16.1. The van der Waals surface area contributed by atoms with Gasteiger partial charge in [0.15, 0.2) is 8.07 Å². The molecule has 0 aliphatic carbocycles. The monoisotopic (exact) mass is 458 g/mol. The number of hydrogen-bond donors (Lipinski definition) is 0. The minimum absolute atomic E-state index is 0.220. The van der Waals surface area contributed by atoms with Gasteiger partial charge in [-0.2, -0.15) is 0 Å². The molecule has 0 spiro atoms. The molecule has 0 amide bonds. The summed E-state index contributed by atoms with van der Waals surface area (Å²) in [6, 6.07) is 21.6. The predicted octanol–water partition coefficient (Wildman–Crippen LogP) is 6.45. The van der Waals surface area contributed by atoms with Crippen LogP contribution in [0.1, 0.15) is 65.7 Å². The highest BCUT2D eigenvalue weighted by atomic mass is 28.3. The van der Waals surface area contributed by atoms with Crippen molar-refractivity contribution in [3.63, 3.8) is 0 Å². The molecule has 0 saturated heterocycles. The van der Waals surface area contributed by atoms with E-state index in [0.29, 0.717) is 0 Å². The third-order valence-electron chi connectivity index (χ3n) is 6.78. The van der Waals surface area contributed by atoms with Gasteiger partial charge in [-0.05, 0) is 41.6 Å². The molecule has 1 aliphatic heterocycles. The Kier molecular flexibility index (Phi) is 9.08. The zero-order valence-electron chi connectivity index (χ0n) is 20.7. The molecule has 1 heterocycles. The fourth-order valence-electron chi connectivity index (χ4n) is 4.96. The molecule has 0 saturated carbocycles. The van der Waals surface area contributed by atoms with Gasteiger partial charge in [-0.25, -0.2) is 4.79 Å². The first-order valence-electron chi connectivity index (χ1n) is 12.5. The summed E-state index contributed by atoms with van der Waals surface area (Å²) in [4.78, 5) is 13.2. The number of methoxy groups -OCH3 is 1. The Hall–Kier alpha value is -2.65. The Balaban J connectivity index is 2.37. The standard InChI is InChI=1S/C30H38O2Si/c1-5-8-16-24(7-3)28-22-27(17-9-6-2)33(23-29(28)30(31)32-4,25-18-12-10-13-19-25)26-20-14-11-15-21-26/h10-15,18-23H,5-9,16-17H2,1-4H3/b28-24-. The highest BCUT2D eigenvalue weighted by Crippen LogP contribution is 2.36. The van der Waals surface area contributed by atoms with Crippen molar-refractivity contribution in [2.75, 3.05) is 7.11 Å². The van der Waals surface area contributed by atoms with Gasteiger partial charge < -0.3 is 4.74 Å². The van der Waals surface area contributed by atoms with Crippen LogP contribution in [0.15, 0.2) is 94.4 Å². The fourth-order valence-corrected chi connectivity index (χ4v) is 9.64. The van der Waals surface area contributed by atoms with Crippen LogP contribution < -0.4 is 10.4 Å². The van der Waals surface area contributed by atoms with E-state index >= 15 is 0 Å². The molecule has 1 aliphatic rings. The van der Waals surface area contributed by atoms with Gasteiger partial charge in [0.05, 0.1) is 12.7 Å². The van der Waals surface area contributed by atoms with E-state index in [1.165, 1.54) is 28.3 Å². The van der Waals surface area contributed by atoms with Gasteiger partial charge in [0.1, 0.15) is 0 Å². The summed E-state index contributed by atoms with van der Waals surface area (Å²) < 4.78 is 5.35. The minimum Gasteiger partial charge on any atom is -0.465 e. The molecular formula is C30H38O2Si. The second kappa shape index (κ2) is 12.0. The lowest BCUT2D eigenvalue weighted by Gasteiger charge is -2.37. The summed E-state index contributed by atoms with van der Waals surface area (Å²) in [5.41, 5.74) is 5.57. The van der Waals surface area contributed by atoms with E-state index in [-0.39, 0.29) is 5.97 Å². The summed E-state index contributed by atoms with van der Waals surface area (Å²) in [5, 5.41) is 4.14. The van der Waals surface area contributed by atoms with Crippen LogP contribution in [0.2, 0.25) is 0 Å². The van der Waals surface area contributed by atoms with Crippen LogP contribution in [0.3, 0.4) is 0 Å². The molecule has 0 radical (unpaired) electrons. The summed E-state index contributed by atoms with van der Waals surface area (Å²) >= 11 is 0. The Morgan fingerprint density at radius 3 is 1.91 bits per heavy atom. The molecule has 0 aromatic heterocycles. The number of carbonyl (C=O) groups is 1. The van der Waals surface area contributed by atoms with Gasteiger partial charge >= 0.3 is 5.97 Å². The average molecular weight is 459 g/mol. The molecule has 2 aromatic carbocycles. The number of esters is 1. The lowest BCUT2D eigenvalue weighted by atomic mass is 9.94. The summed E-state index contributed by atoms with van der Waals surface area (Å²) in [6.45, 7) is 6.68. The molecule has 174 valence electrons. The molecule has 0 fully saturated rings. The molecular weight excluding hydrogens is 420 g/mol. The molecule has 0 unspecified atom stereocenters. The molecule has 3 rings (SSSR count). The molecule has 33 heavy (non-hydrogen) atoms. The zero-order chi connectivity index (χ0) is 23.7. The molecule has 2 aromatic rings. The summed E-state index contributed by atoms with van der Waals surface area (Å²) in [7, 11) is -1.01. The van der Waals surface area contributed by atoms with Gasteiger partial charge in [0.25, 0.3) is 0 Å². The number of benzene rings is 2. The normalized spacial score (nSPS) is 16.6. The van der Waals surface area contributed by atoms with Crippen molar-refractivity contribution in [1.82, 2.24) is 0 Å². The van der Waals surface area contributed by atoms with Crippen LogP contribution in [-0.4, -0.2) is 21.2 Å². The zero-order valence-corrected chi connectivity index (χ0v) is 21.7. The van der Waals surface area contributed by atoms with Gasteiger partial charge in [-0.1, -0.05) is 123 Å². The van der Waals surface area contributed by atoms with Crippen LogP contribution >= 0.6 is 0 Å². The fraction of sp³-hybridized carbons (Fsp3) is 0.367. The van der Waals surface area contributed by atoms with Gasteiger partial charge in [0, 0.05) is 0 Å². The quantitative estimate of drug-likeness (QED) is 0.302. The summed E-state index contributed by atoms with van der Waals surface area (Å²) in [5.74, 6) is -0.220. The lowest BCUT2D eigenvalue weighted by Crippen LogP contribution is -2.60. The van der Waals surface area contributed by atoms with E-state index in [0.717, 1.165) is 56.1 Å². The molecule has 3 heteroatoms. The summed E-state index contributed by atoms with van der Waals surface area (Å²) in [6.07, 6.45) is 9.99. The molecule has 0 N–H and O–H groups in total. The van der Waals surface area contributed by atoms with E-state index in [2.05, 4.69) is 93.2 Å². The van der Waals surface area contributed by atoms with E-state index in [1.54, 1.807) is 0 Å². The molecule has 0 bridgehead atoms. The van der Waals surface area contributed by atoms with E-state index in [9.17, 15) is 4.79 Å². The number of allylic oxidation sites excluding steroid dienone is 3. The predicted molar refractivity (Wildman–Crippen MR) is 142 cm³/mol. The molecule has 2 nitrogen and oxygen atoms in total. The number of unbranched alkanes of at least 4 members (excludes halogenated alkanes) is 2. The maximum atomic E-state index is 13.2. The van der Waals surface area contributed by atoms with Gasteiger partial charge in [-0.15, -0.1) is 0 Å². The van der Waals surface area contributed by atoms with Crippen LogP contribution in [0.25, 0.3) is 0 Å². The van der Waals surface area contributed by atoms with Crippen LogP contribution in [-0.2, 0) is 9.53 Å². The van der Waals surface area contributed by atoms with E-state index < -0.39 is 8.07 Å². The van der Waals surface area contributed by atoms with E-state index in [4.69, 9.17) is 4.74 Å².